The first-order valence-corrected chi connectivity index (χ1v) is 5.68. The van der Waals surface area contributed by atoms with E-state index in [1.165, 1.54) is 0 Å². The van der Waals surface area contributed by atoms with Crippen LogP contribution in [0.2, 0.25) is 5.02 Å². The van der Waals surface area contributed by atoms with Crippen molar-refractivity contribution >= 4 is 11.6 Å². The number of hydrogen-bond acceptors (Lipinski definition) is 3. The Hall–Kier alpha value is -1.52. The van der Waals surface area contributed by atoms with Gasteiger partial charge in [0, 0.05) is 31.9 Å². The van der Waals surface area contributed by atoms with Crippen LogP contribution in [0.4, 0.5) is 0 Å². The molecule has 0 bridgehead atoms. The Kier molecular flexibility index (Phi) is 3.66. The molecule has 0 aliphatic rings. The lowest BCUT2D eigenvalue weighted by molar-refractivity contribution is 0.475. The van der Waals surface area contributed by atoms with Crippen LogP contribution < -0.4 is 5.32 Å². The minimum atomic E-state index is 0.114. The summed E-state index contributed by atoms with van der Waals surface area (Å²) in [4.78, 5) is 0. The largest absolute Gasteiger partial charge is 0.506 e. The second-order valence-corrected chi connectivity index (χ2v) is 4.32. The molecule has 90 valence electrons. The van der Waals surface area contributed by atoms with Gasteiger partial charge in [-0.15, -0.1) is 0 Å². The van der Waals surface area contributed by atoms with E-state index in [-0.39, 0.29) is 5.75 Å². The number of halogens is 1. The molecular weight excluding hydrogens is 238 g/mol. The number of nitrogens with zero attached hydrogens (tertiary/aromatic N) is 2. The van der Waals surface area contributed by atoms with Gasteiger partial charge in [0.1, 0.15) is 5.75 Å². The number of phenolic OH excluding ortho intramolecular Hbond substituents is 1. The molecule has 4 nitrogen and oxygen atoms in total. The fourth-order valence-corrected chi connectivity index (χ4v) is 1.78. The average Bonchev–Trinajstić information content (AvgIpc) is 2.70. The zero-order valence-electron chi connectivity index (χ0n) is 9.52. The number of nitrogens with one attached hydrogen (secondary N) is 1. The van der Waals surface area contributed by atoms with E-state index >= 15 is 0 Å². The molecule has 0 saturated carbocycles. The second-order valence-electron chi connectivity index (χ2n) is 3.91. The van der Waals surface area contributed by atoms with E-state index in [4.69, 9.17) is 11.6 Å². The Morgan fingerprint density at radius 1 is 1.35 bits per heavy atom. The summed E-state index contributed by atoms with van der Waals surface area (Å²) in [6.45, 7) is 1.46. The monoisotopic (exact) mass is 251 g/mol. The maximum Gasteiger partial charge on any atom is 0.134 e. The molecule has 0 aliphatic heterocycles. The third kappa shape index (κ3) is 3.22. The quantitative estimate of drug-likeness (QED) is 0.875. The molecule has 0 amide bonds. The molecule has 0 radical (unpaired) electrons. The minimum absolute atomic E-state index is 0.114. The maximum atomic E-state index is 9.29. The van der Waals surface area contributed by atoms with Gasteiger partial charge in [0.05, 0.1) is 11.2 Å². The van der Waals surface area contributed by atoms with Crippen LogP contribution in [0.5, 0.6) is 5.75 Å². The topological polar surface area (TPSA) is 50.1 Å². The van der Waals surface area contributed by atoms with E-state index in [2.05, 4.69) is 10.4 Å². The lowest BCUT2D eigenvalue weighted by Crippen LogP contribution is -2.12. The van der Waals surface area contributed by atoms with E-state index in [0.717, 1.165) is 17.7 Å². The van der Waals surface area contributed by atoms with E-state index in [1.54, 1.807) is 16.8 Å². The molecule has 1 heterocycles. The number of aryl methyl sites for hydroxylation is 1. The summed E-state index contributed by atoms with van der Waals surface area (Å²) in [5.74, 6) is 0.114. The summed E-state index contributed by atoms with van der Waals surface area (Å²) in [6, 6.07) is 5.20. The predicted octanol–water partition coefficient (Wildman–Crippen LogP) is 2.07. The summed E-state index contributed by atoms with van der Waals surface area (Å²) in [5, 5.41) is 17.0. The van der Waals surface area contributed by atoms with Gasteiger partial charge < -0.3 is 10.4 Å². The van der Waals surface area contributed by atoms with Crippen molar-refractivity contribution in [2.75, 3.05) is 0 Å². The van der Waals surface area contributed by atoms with Gasteiger partial charge in [-0.2, -0.15) is 5.10 Å². The SMILES string of the molecule is Cn1cc(CNCc2ccc(O)c(Cl)c2)cn1. The zero-order chi connectivity index (χ0) is 12.3. The third-order valence-corrected chi connectivity index (χ3v) is 2.73. The smallest absolute Gasteiger partial charge is 0.134 e. The van der Waals surface area contributed by atoms with Gasteiger partial charge in [-0.3, -0.25) is 4.68 Å². The Morgan fingerprint density at radius 3 is 2.76 bits per heavy atom. The fourth-order valence-electron chi connectivity index (χ4n) is 1.57. The Balaban J connectivity index is 1.87. The fraction of sp³-hybridized carbons (Fsp3) is 0.250. The van der Waals surface area contributed by atoms with Crippen molar-refractivity contribution < 1.29 is 5.11 Å². The number of rotatable bonds is 4. The molecule has 17 heavy (non-hydrogen) atoms. The third-order valence-electron chi connectivity index (χ3n) is 2.43. The molecule has 1 aromatic heterocycles. The van der Waals surface area contributed by atoms with Crippen molar-refractivity contribution in [1.29, 1.82) is 0 Å². The van der Waals surface area contributed by atoms with Crippen LogP contribution in [0.15, 0.2) is 30.6 Å². The highest BCUT2D eigenvalue weighted by Gasteiger charge is 2.00. The molecular formula is C12H14ClN3O. The lowest BCUT2D eigenvalue weighted by atomic mass is 10.2. The molecule has 2 rings (SSSR count). The van der Waals surface area contributed by atoms with Crippen molar-refractivity contribution in [1.82, 2.24) is 15.1 Å². The van der Waals surface area contributed by atoms with Gasteiger partial charge in [-0.1, -0.05) is 17.7 Å². The first kappa shape index (κ1) is 12.0. The van der Waals surface area contributed by atoms with Crippen LogP contribution in [0.3, 0.4) is 0 Å². The highest BCUT2D eigenvalue weighted by molar-refractivity contribution is 6.32. The average molecular weight is 252 g/mol. The molecule has 0 spiro atoms. The molecule has 0 saturated heterocycles. The summed E-state index contributed by atoms with van der Waals surface area (Å²) in [7, 11) is 1.89. The van der Waals surface area contributed by atoms with E-state index in [0.29, 0.717) is 11.6 Å². The molecule has 0 fully saturated rings. The van der Waals surface area contributed by atoms with Gasteiger partial charge in [-0.25, -0.2) is 0 Å². The van der Waals surface area contributed by atoms with Gasteiger partial charge in [0.25, 0.3) is 0 Å². The van der Waals surface area contributed by atoms with Crippen LogP contribution in [-0.4, -0.2) is 14.9 Å². The standard InChI is InChI=1S/C12H14ClN3O/c1-16-8-10(7-15-16)6-14-5-9-2-3-12(17)11(13)4-9/h2-4,7-8,14,17H,5-6H2,1H3. The first-order valence-electron chi connectivity index (χ1n) is 5.31. The summed E-state index contributed by atoms with van der Waals surface area (Å²) < 4.78 is 1.77. The molecule has 0 aliphatic carbocycles. The van der Waals surface area contributed by atoms with E-state index in [9.17, 15) is 5.11 Å². The molecule has 0 atom stereocenters. The van der Waals surface area contributed by atoms with Crippen molar-refractivity contribution in [2.45, 2.75) is 13.1 Å². The van der Waals surface area contributed by atoms with Crippen LogP contribution in [0, 0.1) is 0 Å². The number of benzene rings is 1. The first-order chi connectivity index (χ1) is 8.15. The summed E-state index contributed by atoms with van der Waals surface area (Å²) in [6.07, 6.45) is 3.80. The van der Waals surface area contributed by atoms with Crippen LogP contribution in [0.1, 0.15) is 11.1 Å². The van der Waals surface area contributed by atoms with Crippen molar-refractivity contribution in [3.8, 4) is 5.75 Å². The van der Waals surface area contributed by atoms with Crippen molar-refractivity contribution in [3.05, 3.63) is 46.7 Å². The molecule has 5 heteroatoms. The molecule has 1 aromatic carbocycles. The Labute approximate surface area is 105 Å². The van der Waals surface area contributed by atoms with Gasteiger partial charge >= 0.3 is 0 Å². The minimum Gasteiger partial charge on any atom is -0.506 e. The summed E-state index contributed by atoms with van der Waals surface area (Å²) in [5.41, 5.74) is 2.18. The highest BCUT2D eigenvalue weighted by Crippen LogP contribution is 2.23. The van der Waals surface area contributed by atoms with Crippen molar-refractivity contribution in [2.24, 2.45) is 7.05 Å². The van der Waals surface area contributed by atoms with Gasteiger partial charge in [0.15, 0.2) is 0 Å². The van der Waals surface area contributed by atoms with Gasteiger partial charge in [-0.05, 0) is 17.7 Å². The van der Waals surface area contributed by atoms with Crippen molar-refractivity contribution in [3.63, 3.8) is 0 Å². The number of phenols is 1. The van der Waals surface area contributed by atoms with Gasteiger partial charge in [0.2, 0.25) is 0 Å². The van der Waals surface area contributed by atoms with Crippen LogP contribution in [-0.2, 0) is 20.1 Å². The molecule has 2 N–H and O–H groups in total. The number of aromatic nitrogens is 2. The Morgan fingerprint density at radius 2 is 2.12 bits per heavy atom. The number of hydrogen-bond donors (Lipinski definition) is 2. The Bertz CT molecular complexity index is 510. The van der Waals surface area contributed by atoms with E-state index in [1.807, 2.05) is 25.5 Å². The van der Waals surface area contributed by atoms with Crippen LogP contribution in [0.25, 0.3) is 0 Å². The summed E-state index contributed by atoms with van der Waals surface area (Å²) >= 11 is 5.82. The van der Waals surface area contributed by atoms with E-state index < -0.39 is 0 Å². The molecule has 2 aromatic rings. The highest BCUT2D eigenvalue weighted by atomic mass is 35.5. The lowest BCUT2D eigenvalue weighted by Gasteiger charge is -2.04. The second kappa shape index (κ2) is 5.21. The predicted molar refractivity (Wildman–Crippen MR) is 66.9 cm³/mol. The normalized spacial score (nSPS) is 10.7. The molecule has 0 unspecified atom stereocenters. The maximum absolute atomic E-state index is 9.29. The van der Waals surface area contributed by atoms with Crippen LogP contribution >= 0.6 is 11.6 Å². The number of aromatic hydroxyl groups is 1. The zero-order valence-corrected chi connectivity index (χ0v) is 10.3.